The summed E-state index contributed by atoms with van der Waals surface area (Å²) in [4.78, 5) is 14.4. The Labute approximate surface area is 111 Å². The molecule has 0 aromatic carbocycles. The number of nitrogens with zero attached hydrogens (tertiary/aromatic N) is 1. The third-order valence-corrected chi connectivity index (χ3v) is 3.96. The van der Waals surface area contributed by atoms with E-state index in [2.05, 4.69) is 18.7 Å². The fourth-order valence-electron chi connectivity index (χ4n) is 2.77. The standard InChI is InChI=1S/C14H26ClNO/c1-3-5-13(6-4-2)14(17)16-10-8-12(11-16)7-9-15/h12-13H,3-11H2,1-2H3. The van der Waals surface area contributed by atoms with Gasteiger partial charge in [-0.2, -0.15) is 0 Å². The van der Waals surface area contributed by atoms with Gasteiger partial charge in [-0.3, -0.25) is 4.79 Å². The maximum Gasteiger partial charge on any atom is 0.225 e. The largest absolute Gasteiger partial charge is 0.342 e. The number of rotatable bonds is 7. The van der Waals surface area contributed by atoms with Gasteiger partial charge in [0.1, 0.15) is 0 Å². The molecule has 2 nitrogen and oxygen atoms in total. The van der Waals surface area contributed by atoms with Crippen molar-refractivity contribution in [2.75, 3.05) is 19.0 Å². The molecule has 0 spiro atoms. The second kappa shape index (κ2) is 7.97. The second-order valence-electron chi connectivity index (χ2n) is 5.19. The van der Waals surface area contributed by atoms with Gasteiger partial charge in [-0.1, -0.05) is 26.7 Å². The zero-order chi connectivity index (χ0) is 12.7. The highest BCUT2D eigenvalue weighted by Crippen LogP contribution is 2.24. The summed E-state index contributed by atoms with van der Waals surface area (Å²) in [6, 6.07) is 0. The van der Waals surface area contributed by atoms with Crippen LogP contribution >= 0.6 is 11.6 Å². The molecule has 0 aromatic rings. The first-order valence-corrected chi connectivity index (χ1v) is 7.61. The average molecular weight is 260 g/mol. The minimum absolute atomic E-state index is 0.264. The quantitative estimate of drug-likeness (QED) is 0.639. The zero-order valence-electron chi connectivity index (χ0n) is 11.3. The Morgan fingerprint density at radius 1 is 1.35 bits per heavy atom. The topological polar surface area (TPSA) is 20.3 Å². The molecule has 1 aliphatic rings. The van der Waals surface area contributed by atoms with E-state index in [0.717, 1.165) is 57.5 Å². The number of hydrogen-bond donors (Lipinski definition) is 0. The van der Waals surface area contributed by atoms with Gasteiger partial charge in [-0.15, -0.1) is 11.6 Å². The summed E-state index contributed by atoms with van der Waals surface area (Å²) in [5.41, 5.74) is 0. The highest BCUT2D eigenvalue weighted by atomic mass is 35.5. The van der Waals surface area contributed by atoms with Gasteiger partial charge in [0.2, 0.25) is 5.91 Å². The van der Waals surface area contributed by atoms with Crippen LogP contribution in [-0.2, 0) is 4.79 Å². The van der Waals surface area contributed by atoms with Gasteiger partial charge in [-0.25, -0.2) is 0 Å². The molecule has 1 unspecified atom stereocenters. The average Bonchev–Trinajstić information content (AvgIpc) is 2.77. The van der Waals surface area contributed by atoms with E-state index < -0.39 is 0 Å². The van der Waals surface area contributed by atoms with Crippen molar-refractivity contribution in [3.05, 3.63) is 0 Å². The molecule has 0 aliphatic carbocycles. The van der Waals surface area contributed by atoms with Gasteiger partial charge in [0.25, 0.3) is 0 Å². The zero-order valence-corrected chi connectivity index (χ0v) is 12.0. The van der Waals surface area contributed by atoms with Crippen LogP contribution in [0.1, 0.15) is 52.4 Å². The van der Waals surface area contributed by atoms with E-state index in [0.29, 0.717) is 11.8 Å². The smallest absolute Gasteiger partial charge is 0.225 e. The number of amides is 1. The monoisotopic (exact) mass is 259 g/mol. The minimum Gasteiger partial charge on any atom is -0.342 e. The molecule has 0 bridgehead atoms. The summed E-state index contributed by atoms with van der Waals surface area (Å²) in [6.07, 6.45) is 6.50. The van der Waals surface area contributed by atoms with Crippen molar-refractivity contribution in [2.45, 2.75) is 52.4 Å². The van der Waals surface area contributed by atoms with Crippen molar-refractivity contribution in [3.8, 4) is 0 Å². The Kier molecular flexibility index (Phi) is 6.94. The Bertz CT molecular complexity index is 226. The summed E-state index contributed by atoms with van der Waals surface area (Å²) in [5, 5.41) is 0. The number of alkyl halides is 1. The van der Waals surface area contributed by atoms with E-state index in [1.807, 2.05) is 0 Å². The van der Waals surface area contributed by atoms with Crippen molar-refractivity contribution in [3.63, 3.8) is 0 Å². The molecule has 0 saturated carbocycles. The lowest BCUT2D eigenvalue weighted by molar-refractivity contribution is -0.135. The number of halogens is 1. The predicted molar refractivity (Wildman–Crippen MR) is 73.3 cm³/mol. The van der Waals surface area contributed by atoms with Gasteiger partial charge in [0.15, 0.2) is 0 Å². The van der Waals surface area contributed by atoms with Crippen LogP contribution < -0.4 is 0 Å². The van der Waals surface area contributed by atoms with E-state index >= 15 is 0 Å². The van der Waals surface area contributed by atoms with Crippen LogP contribution in [0.15, 0.2) is 0 Å². The number of hydrogen-bond acceptors (Lipinski definition) is 1. The van der Waals surface area contributed by atoms with Crippen molar-refractivity contribution in [1.82, 2.24) is 4.90 Å². The summed E-state index contributed by atoms with van der Waals surface area (Å²) in [5.74, 6) is 2.02. The van der Waals surface area contributed by atoms with Crippen LogP contribution in [0, 0.1) is 11.8 Å². The molecule has 100 valence electrons. The van der Waals surface area contributed by atoms with E-state index in [4.69, 9.17) is 11.6 Å². The first-order valence-electron chi connectivity index (χ1n) is 7.07. The fourth-order valence-corrected chi connectivity index (χ4v) is 3.08. The van der Waals surface area contributed by atoms with Crippen LogP contribution in [0.25, 0.3) is 0 Å². The SMILES string of the molecule is CCCC(CCC)C(=O)N1CCC(CCCl)C1. The first-order chi connectivity index (χ1) is 8.22. The van der Waals surface area contributed by atoms with E-state index in [9.17, 15) is 4.79 Å². The molecule has 0 N–H and O–H groups in total. The van der Waals surface area contributed by atoms with Crippen molar-refractivity contribution < 1.29 is 4.79 Å². The number of likely N-dealkylation sites (tertiary alicyclic amines) is 1. The summed E-state index contributed by atoms with van der Waals surface area (Å²) in [6.45, 7) is 6.21. The molecule has 1 aliphatic heterocycles. The van der Waals surface area contributed by atoms with E-state index in [1.54, 1.807) is 0 Å². The van der Waals surface area contributed by atoms with Crippen molar-refractivity contribution in [1.29, 1.82) is 0 Å². The van der Waals surface area contributed by atoms with Gasteiger partial charge in [0, 0.05) is 24.9 Å². The third kappa shape index (κ3) is 4.50. The Hall–Kier alpha value is -0.240. The fraction of sp³-hybridized carbons (Fsp3) is 0.929. The first kappa shape index (κ1) is 14.8. The van der Waals surface area contributed by atoms with E-state index in [-0.39, 0.29) is 5.92 Å². The third-order valence-electron chi connectivity index (χ3n) is 3.74. The molecule has 0 aromatic heterocycles. The molecular formula is C14H26ClNO. The Morgan fingerprint density at radius 3 is 2.53 bits per heavy atom. The maximum atomic E-state index is 12.4. The van der Waals surface area contributed by atoms with Gasteiger partial charge in [0.05, 0.1) is 0 Å². The van der Waals surface area contributed by atoms with E-state index in [1.165, 1.54) is 0 Å². The van der Waals surface area contributed by atoms with Crippen LogP contribution in [0.4, 0.5) is 0 Å². The molecule has 3 heteroatoms. The minimum atomic E-state index is 0.264. The van der Waals surface area contributed by atoms with Crippen LogP contribution in [0.2, 0.25) is 0 Å². The molecule has 1 amide bonds. The van der Waals surface area contributed by atoms with Crippen LogP contribution in [-0.4, -0.2) is 29.8 Å². The summed E-state index contributed by atoms with van der Waals surface area (Å²) < 4.78 is 0. The molecular weight excluding hydrogens is 234 g/mol. The summed E-state index contributed by atoms with van der Waals surface area (Å²) >= 11 is 5.77. The van der Waals surface area contributed by atoms with Gasteiger partial charge < -0.3 is 4.90 Å². The normalized spacial score (nSPS) is 20.2. The predicted octanol–water partition coefficient (Wildman–Crippen LogP) is 3.68. The Morgan fingerprint density at radius 2 is 2.00 bits per heavy atom. The molecule has 1 rings (SSSR count). The highest BCUT2D eigenvalue weighted by molar-refractivity contribution is 6.17. The van der Waals surface area contributed by atoms with Crippen molar-refractivity contribution >= 4 is 17.5 Å². The number of carbonyl (C=O) groups is 1. The molecule has 1 heterocycles. The molecule has 1 saturated heterocycles. The van der Waals surface area contributed by atoms with Crippen LogP contribution in [0.5, 0.6) is 0 Å². The van der Waals surface area contributed by atoms with Gasteiger partial charge in [-0.05, 0) is 31.6 Å². The molecule has 1 atom stereocenters. The lowest BCUT2D eigenvalue weighted by atomic mass is 9.97. The second-order valence-corrected chi connectivity index (χ2v) is 5.57. The Balaban J connectivity index is 2.45. The highest BCUT2D eigenvalue weighted by Gasteiger charge is 2.29. The molecule has 17 heavy (non-hydrogen) atoms. The lowest BCUT2D eigenvalue weighted by Crippen LogP contribution is -2.34. The molecule has 1 fully saturated rings. The molecule has 0 radical (unpaired) electrons. The summed E-state index contributed by atoms with van der Waals surface area (Å²) in [7, 11) is 0. The maximum absolute atomic E-state index is 12.4. The van der Waals surface area contributed by atoms with Crippen LogP contribution in [0.3, 0.4) is 0 Å². The lowest BCUT2D eigenvalue weighted by Gasteiger charge is -2.23. The van der Waals surface area contributed by atoms with Gasteiger partial charge >= 0.3 is 0 Å². The van der Waals surface area contributed by atoms with Crippen molar-refractivity contribution in [2.24, 2.45) is 11.8 Å². The number of carbonyl (C=O) groups excluding carboxylic acids is 1.